The number of nitrogen functional groups attached to an aromatic ring is 1. The molecule has 0 aromatic carbocycles. The predicted molar refractivity (Wildman–Crippen MR) is 66.1 cm³/mol. The molecule has 0 saturated carbocycles. The largest absolute Gasteiger partial charge is 0.382 e. The Morgan fingerprint density at radius 3 is 2.33 bits per heavy atom. The Morgan fingerprint density at radius 2 is 1.89 bits per heavy atom. The monoisotopic (exact) mass is 254 g/mol. The van der Waals surface area contributed by atoms with Gasteiger partial charge in [-0.25, -0.2) is 0 Å². The average molecular weight is 254 g/mol. The van der Waals surface area contributed by atoms with Gasteiger partial charge < -0.3 is 17.2 Å². The van der Waals surface area contributed by atoms with Gasteiger partial charge >= 0.3 is 0 Å². The van der Waals surface area contributed by atoms with Crippen molar-refractivity contribution in [2.24, 2.45) is 11.5 Å². The van der Waals surface area contributed by atoms with Gasteiger partial charge in [0.15, 0.2) is 0 Å². The lowest BCUT2D eigenvalue weighted by molar-refractivity contribution is -0.121. The van der Waals surface area contributed by atoms with Gasteiger partial charge in [-0.15, -0.1) is 0 Å². The summed E-state index contributed by atoms with van der Waals surface area (Å²) in [7, 11) is 0. The Bertz CT molecular complexity index is 400. The standard InChI is InChI=1S/C10H18N6O2/c11-8-2-5-16(14-8)4-1-3-15(6-9(12)17)7-10(13)18/h2,5H,1,3-4,6-7H2,(H2,11,14)(H2,12,17)(H2,13,18). The van der Waals surface area contributed by atoms with Crippen molar-refractivity contribution in [1.82, 2.24) is 14.7 Å². The van der Waals surface area contributed by atoms with Crippen LogP contribution >= 0.6 is 0 Å². The van der Waals surface area contributed by atoms with Crippen molar-refractivity contribution in [2.75, 3.05) is 25.4 Å². The van der Waals surface area contributed by atoms with Crippen LogP contribution in [-0.4, -0.2) is 46.1 Å². The summed E-state index contributed by atoms with van der Waals surface area (Å²) in [4.78, 5) is 23.3. The number of nitrogens with two attached hydrogens (primary N) is 3. The molecule has 6 N–H and O–H groups in total. The van der Waals surface area contributed by atoms with Gasteiger partial charge in [0.05, 0.1) is 13.1 Å². The number of carbonyl (C=O) groups excluding carboxylic acids is 2. The third-order valence-electron chi connectivity index (χ3n) is 2.28. The lowest BCUT2D eigenvalue weighted by Crippen LogP contribution is -2.40. The summed E-state index contributed by atoms with van der Waals surface area (Å²) in [5.41, 5.74) is 15.7. The first-order valence-electron chi connectivity index (χ1n) is 5.55. The van der Waals surface area contributed by atoms with Crippen molar-refractivity contribution >= 4 is 17.6 Å². The summed E-state index contributed by atoms with van der Waals surface area (Å²) in [6, 6.07) is 1.70. The zero-order valence-corrected chi connectivity index (χ0v) is 10.1. The molecule has 0 radical (unpaired) electrons. The molecule has 0 spiro atoms. The molecule has 1 aromatic rings. The Morgan fingerprint density at radius 1 is 1.28 bits per heavy atom. The summed E-state index contributed by atoms with van der Waals surface area (Å²) in [6.07, 6.45) is 2.48. The summed E-state index contributed by atoms with van der Waals surface area (Å²) >= 11 is 0. The van der Waals surface area contributed by atoms with Gasteiger partial charge in [0, 0.05) is 19.3 Å². The summed E-state index contributed by atoms with van der Waals surface area (Å²) in [5, 5.41) is 4.02. The number of rotatable bonds is 8. The third kappa shape index (κ3) is 5.30. The van der Waals surface area contributed by atoms with E-state index in [1.54, 1.807) is 21.8 Å². The van der Waals surface area contributed by atoms with Crippen LogP contribution in [0, 0.1) is 0 Å². The number of aryl methyl sites for hydroxylation is 1. The van der Waals surface area contributed by atoms with Gasteiger partial charge in [-0.05, 0) is 12.5 Å². The molecule has 2 amide bonds. The molecule has 0 unspecified atom stereocenters. The lowest BCUT2D eigenvalue weighted by Gasteiger charge is -2.18. The highest BCUT2D eigenvalue weighted by Crippen LogP contribution is 1.98. The highest BCUT2D eigenvalue weighted by atomic mass is 16.2. The molecule has 1 heterocycles. The van der Waals surface area contributed by atoms with E-state index in [4.69, 9.17) is 17.2 Å². The highest BCUT2D eigenvalue weighted by molar-refractivity contribution is 5.79. The molecule has 0 aliphatic heterocycles. The Labute approximate surface area is 105 Å². The van der Waals surface area contributed by atoms with E-state index < -0.39 is 11.8 Å². The second kappa shape index (κ2) is 6.60. The molecule has 18 heavy (non-hydrogen) atoms. The number of nitrogens with zero attached hydrogens (tertiary/aromatic N) is 3. The molecular weight excluding hydrogens is 236 g/mol. The summed E-state index contributed by atoms with van der Waals surface area (Å²) in [6.45, 7) is 1.21. The molecule has 8 nitrogen and oxygen atoms in total. The minimum absolute atomic E-state index is 0.0180. The van der Waals surface area contributed by atoms with E-state index in [9.17, 15) is 9.59 Å². The maximum absolute atomic E-state index is 10.8. The van der Waals surface area contributed by atoms with Gasteiger partial charge in [0.1, 0.15) is 5.82 Å². The topological polar surface area (TPSA) is 133 Å². The molecule has 1 rings (SSSR count). The minimum atomic E-state index is -0.486. The fourth-order valence-corrected chi connectivity index (χ4v) is 1.61. The normalized spacial score (nSPS) is 10.7. The van der Waals surface area contributed by atoms with Crippen LogP contribution in [0.2, 0.25) is 0 Å². The summed E-state index contributed by atoms with van der Waals surface area (Å²) in [5.74, 6) is -0.514. The molecule has 0 saturated heterocycles. The van der Waals surface area contributed by atoms with Crippen molar-refractivity contribution in [1.29, 1.82) is 0 Å². The summed E-state index contributed by atoms with van der Waals surface area (Å²) < 4.78 is 1.70. The van der Waals surface area contributed by atoms with E-state index in [1.165, 1.54) is 0 Å². The average Bonchev–Trinajstić information content (AvgIpc) is 2.62. The van der Waals surface area contributed by atoms with Gasteiger partial charge in [-0.1, -0.05) is 0 Å². The van der Waals surface area contributed by atoms with Crippen molar-refractivity contribution in [2.45, 2.75) is 13.0 Å². The molecule has 0 fully saturated rings. The highest BCUT2D eigenvalue weighted by Gasteiger charge is 2.10. The zero-order chi connectivity index (χ0) is 13.5. The van der Waals surface area contributed by atoms with Crippen LogP contribution in [0.1, 0.15) is 6.42 Å². The van der Waals surface area contributed by atoms with E-state index >= 15 is 0 Å². The van der Waals surface area contributed by atoms with E-state index in [0.29, 0.717) is 25.3 Å². The van der Waals surface area contributed by atoms with Crippen molar-refractivity contribution < 1.29 is 9.59 Å². The Balaban J connectivity index is 2.36. The fourth-order valence-electron chi connectivity index (χ4n) is 1.61. The second-order valence-corrected chi connectivity index (χ2v) is 4.00. The van der Waals surface area contributed by atoms with E-state index in [0.717, 1.165) is 0 Å². The number of primary amides is 2. The maximum atomic E-state index is 10.8. The molecule has 0 bridgehead atoms. The minimum Gasteiger partial charge on any atom is -0.382 e. The molecule has 1 aromatic heterocycles. The van der Waals surface area contributed by atoms with Gasteiger partial charge in [0.2, 0.25) is 11.8 Å². The molecule has 0 aliphatic carbocycles. The van der Waals surface area contributed by atoms with Crippen molar-refractivity contribution in [3.05, 3.63) is 12.3 Å². The Kier molecular flexibility index (Phi) is 5.12. The molecule has 0 aliphatic rings. The maximum Gasteiger partial charge on any atom is 0.231 e. The first-order chi connectivity index (χ1) is 8.47. The van der Waals surface area contributed by atoms with Gasteiger partial charge in [-0.2, -0.15) is 5.10 Å². The molecule has 100 valence electrons. The van der Waals surface area contributed by atoms with Gasteiger partial charge in [-0.3, -0.25) is 19.2 Å². The number of hydrogen-bond acceptors (Lipinski definition) is 5. The first kappa shape index (κ1) is 14.0. The number of amides is 2. The Hall–Kier alpha value is -2.09. The van der Waals surface area contributed by atoms with Gasteiger partial charge in [0.25, 0.3) is 0 Å². The lowest BCUT2D eigenvalue weighted by atomic mass is 10.3. The number of aromatic nitrogens is 2. The molecular formula is C10H18N6O2. The van der Waals surface area contributed by atoms with Crippen molar-refractivity contribution in [3.8, 4) is 0 Å². The first-order valence-corrected chi connectivity index (χ1v) is 5.55. The van der Waals surface area contributed by atoms with E-state index in [2.05, 4.69) is 5.10 Å². The quantitative estimate of drug-likeness (QED) is 0.499. The van der Waals surface area contributed by atoms with Crippen LogP contribution in [-0.2, 0) is 16.1 Å². The van der Waals surface area contributed by atoms with E-state index in [1.807, 2.05) is 0 Å². The van der Waals surface area contributed by atoms with Crippen LogP contribution in [0.25, 0.3) is 0 Å². The number of carbonyl (C=O) groups is 2. The number of hydrogen-bond donors (Lipinski definition) is 3. The van der Waals surface area contributed by atoms with Crippen LogP contribution < -0.4 is 17.2 Å². The predicted octanol–water partition coefficient (Wildman–Crippen LogP) is -1.87. The van der Waals surface area contributed by atoms with Crippen LogP contribution in [0.4, 0.5) is 5.82 Å². The zero-order valence-electron chi connectivity index (χ0n) is 10.1. The van der Waals surface area contributed by atoms with Crippen molar-refractivity contribution in [3.63, 3.8) is 0 Å². The third-order valence-corrected chi connectivity index (χ3v) is 2.28. The van der Waals surface area contributed by atoms with E-state index in [-0.39, 0.29) is 13.1 Å². The second-order valence-electron chi connectivity index (χ2n) is 4.00. The SMILES string of the molecule is NC(=O)CN(CCCn1ccc(N)n1)CC(N)=O. The smallest absolute Gasteiger partial charge is 0.231 e. The fraction of sp³-hybridized carbons (Fsp3) is 0.500. The number of anilines is 1. The molecule has 0 atom stereocenters. The molecule has 8 heteroatoms. The van der Waals surface area contributed by atoms with Crippen LogP contribution in [0.15, 0.2) is 12.3 Å². The van der Waals surface area contributed by atoms with Crippen LogP contribution in [0.5, 0.6) is 0 Å². The van der Waals surface area contributed by atoms with Crippen LogP contribution in [0.3, 0.4) is 0 Å².